The lowest BCUT2D eigenvalue weighted by atomic mass is 10.1. The first kappa shape index (κ1) is 15.1. The number of nitrogens with one attached hydrogen (secondary N) is 1. The van der Waals surface area contributed by atoms with Gasteiger partial charge in [0.2, 0.25) is 5.91 Å². The normalized spacial score (nSPS) is 10.9. The summed E-state index contributed by atoms with van der Waals surface area (Å²) in [5.41, 5.74) is 2.27. The Hall–Kier alpha value is -2.76. The average molecular weight is 313 g/mol. The summed E-state index contributed by atoms with van der Waals surface area (Å²) in [6.45, 7) is 2.92. The monoisotopic (exact) mass is 313 g/mol. The highest BCUT2D eigenvalue weighted by Crippen LogP contribution is 2.26. The molecule has 1 aromatic carbocycles. The number of rotatable bonds is 6. The number of hydrogen-bond acceptors (Lipinski definition) is 4. The second kappa shape index (κ2) is 6.56. The molecule has 1 N–H and O–H groups in total. The number of carbonyl (C=O) groups excluding carboxylic acids is 1. The van der Waals surface area contributed by atoms with Gasteiger partial charge in [-0.2, -0.15) is 5.10 Å². The first-order valence-corrected chi connectivity index (χ1v) is 7.56. The van der Waals surface area contributed by atoms with Crippen LogP contribution in [0, 0.1) is 0 Å². The molecule has 0 aliphatic rings. The number of furan rings is 1. The number of amides is 1. The minimum atomic E-state index is -0.0976. The fourth-order valence-electron chi connectivity index (χ4n) is 2.49. The van der Waals surface area contributed by atoms with Crippen LogP contribution in [0.5, 0.6) is 5.75 Å². The third-order valence-electron chi connectivity index (χ3n) is 3.58. The molecule has 120 valence electrons. The summed E-state index contributed by atoms with van der Waals surface area (Å²) in [5, 5.41) is 7.97. The molecule has 0 aliphatic carbocycles. The van der Waals surface area contributed by atoms with Gasteiger partial charge in [-0.3, -0.25) is 9.48 Å². The number of methoxy groups -OCH3 is 1. The summed E-state index contributed by atoms with van der Waals surface area (Å²) < 4.78 is 12.5. The molecule has 0 saturated heterocycles. The zero-order chi connectivity index (χ0) is 16.2. The van der Waals surface area contributed by atoms with Crippen LogP contribution in [-0.4, -0.2) is 22.8 Å². The van der Waals surface area contributed by atoms with Gasteiger partial charge in [0, 0.05) is 29.8 Å². The standard InChI is InChI=1S/C17H19N3O3/c1-3-6-20-10-13(9-18-20)19-17(21)7-12-11-23-16-8-14(22-2)4-5-15(12)16/h4-5,8-11H,3,6-7H2,1-2H3,(H,19,21). The van der Waals surface area contributed by atoms with E-state index in [9.17, 15) is 4.79 Å². The number of ether oxygens (including phenoxy) is 1. The Morgan fingerprint density at radius 2 is 2.30 bits per heavy atom. The van der Waals surface area contributed by atoms with Crippen molar-refractivity contribution in [3.05, 3.63) is 42.4 Å². The lowest BCUT2D eigenvalue weighted by Crippen LogP contribution is -2.13. The van der Waals surface area contributed by atoms with Crippen molar-refractivity contribution in [2.75, 3.05) is 12.4 Å². The molecule has 3 rings (SSSR count). The molecule has 0 saturated carbocycles. The van der Waals surface area contributed by atoms with Crippen molar-refractivity contribution in [2.24, 2.45) is 0 Å². The predicted molar refractivity (Wildman–Crippen MR) is 87.6 cm³/mol. The minimum absolute atomic E-state index is 0.0976. The van der Waals surface area contributed by atoms with E-state index in [4.69, 9.17) is 9.15 Å². The van der Waals surface area contributed by atoms with Crippen molar-refractivity contribution in [3.8, 4) is 5.75 Å². The van der Waals surface area contributed by atoms with E-state index in [1.54, 1.807) is 19.6 Å². The Bertz CT molecular complexity index is 819. The Morgan fingerprint density at radius 1 is 1.43 bits per heavy atom. The van der Waals surface area contributed by atoms with Crippen molar-refractivity contribution >= 4 is 22.6 Å². The Morgan fingerprint density at radius 3 is 3.09 bits per heavy atom. The number of aryl methyl sites for hydroxylation is 1. The summed E-state index contributed by atoms with van der Waals surface area (Å²) in [7, 11) is 1.61. The molecule has 6 heteroatoms. The van der Waals surface area contributed by atoms with Crippen molar-refractivity contribution in [1.82, 2.24) is 9.78 Å². The molecule has 0 bridgehead atoms. The maximum Gasteiger partial charge on any atom is 0.229 e. The average Bonchev–Trinajstić information content (AvgIpc) is 3.14. The zero-order valence-corrected chi connectivity index (χ0v) is 13.2. The zero-order valence-electron chi connectivity index (χ0n) is 13.2. The van der Waals surface area contributed by atoms with Crippen LogP contribution in [0.1, 0.15) is 18.9 Å². The van der Waals surface area contributed by atoms with Crippen LogP contribution < -0.4 is 10.1 Å². The van der Waals surface area contributed by atoms with Crippen LogP contribution in [0.4, 0.5) is 5.69 Å². The molecule has 0 fully saturated rings. The van der Waals surface area contributed by atoms with E-state index in [1.807, 2.05) is 29.1 Å². The lowest BCUT2D eigenvalue weighted by Gasteiger charge is -2.02. The van der Waals surface area contributed by atoms with Gasteiger partial charge in [0.1, 0.15) is 11.3 Å². The second-order valence-corrected chi connectivity index (χ2v) is 5.34. The first-order valence-electron chi connectivity index (χ1n) is 7.56. The van der Waals surface area contributed by atoms with Gasteiger partial charge < -0.3 is 14.5 Å². The summed E-state index contributed by atoms with van der Waals surface area (Å²) in [6, 6.07) is 5.57. The van der Waals surface area contributed by atoms with Crippen molar-refractivity contribution in [2.45, 2.75) is 26.3 Å². The van der Waals surface area contributed by atoms with E-state index in [0.29, 0.717) is 11.3 Å². The molecule has 0 spiro atoms. The van der Waals surface area contributed by atoms with Crippen LogP contribution in [0.3, 0.4) is 0 Å². The highest BCUT2D eigenvalue weighted by molar-refractivity contribution is 5.95. The van der Waals surface area contributed by atoms with E-state index in [2.05, 4.69) is 17.3 Å². The number of anilines is 1. The molecule has 0 aliphatic heterocycles. The number of carbonyl (C=O) groups is 1. The molecule has 0 atom stereocenters. The van der Waals surface area contributed by atoms with Gasteiger partial charge in [0.05, 0.1) is 31.7 Å². The van der Waals surface area contributed by atoms with E-state index in [-0.39, 0.29) is 12.3 Å². The molecule has 2 heterocycles. The Kier molecular flexibility index (Phi) is 4.32. The fraction of sp³-hybridized carbons (Fsp3) is 0.294. The van der Waals surface area contributed by atoms with E-state index < -0.39 is 0 Å². The van der Waals surface area contributed by atoms with Crippen LogP contribution in [0.2, 0.25) is 0 Å². The van der Waals surface area contributed by atoms with Crippen LogP contribution in [0.25, 0.3) is 11.0 Å². The molecule has 3 aromatic rings. The quantitative estimate of drug-likeness (QED) is 0.758. The van der Waals surface area contributed by atoms with Gasteiger partial charge in [0.25, 0.3) is 0 Å². The number of benzene rings is 1. The summed E-state index contributed by atoms with van der Waals surface area (Å²) in [5.74, 6) is 0.630. The molecule has 6 nitrogen and oxygen atoms in total. The largest absolute Gasteiger partial charge is 0.497 e. The van der Waals surface area contributed by atoms with E-state index in [0.717, 1.165) is 29.7 Å². The third-order valence-corrected chi connectivity index (χ3v) is 3.58. The van der Waals surface area contributed by atoms with Crippen LogP contribution in [-0.2, 0) is 17.8 Å². The van der Waals surface area contributed by atoms with Crippen molar-refractivity contribution < 1.29 is 13.9 Å². The molecule has 0 unspecified atom stereocenters. The summed E-state index contributed by atoms with van der Waals surface area (Å²) in [4.78, 5) is 12.2. The maximum absolute atomic E-state index is 12.2. The number of aromatic nitrogens is 2. The van der Waals surface area contributed by atoms with Gasteiger partial charge >= 0.3 is 0 Å². The van der Waals surface area contributed by atoms with Gasteiger partial charge in [-0.15, -0.1) is 0 Å². The van der Waals surface area contributed by atoms with Crippen LogP contribution in [0.15, 0.2) is 41.3 Å². The number of nitrogens with zero attached hydrogens (tertiary/aromatic N) is 2. The summed E-state index contributed by atoms with van der Waals surface area (Å²) >= 11 is 0. The Balaban J connectivity index is 1.69. The predicted octanol–water partition coefficient (Wildman–Crippen LogP) is 3.23. The highest BCUT2D eigenvalue weighted by atomic mass is 16.5. The Labute approximate surface area is 134 Å². The van der Waals surface area contributed by atoms with Crippen molar-refractivity contribution in [1.29, 1.82) is 0 Å². The number of fused-ring (bicyclic) bond motifs is 1. The van der Waals surface area contributed by atoms with E-state index in [1.165, 1.54) is 0 Å². The van der Waals surface area contributed by atoms with Crippen molar-refractivity contribution in [3.63, 3.8) is 0 Å². The SMILES string of the molecule is CCCn1cc(NC(=O)Cc2coc3cc(OC)ccc23)cn1. The summed E-state index contributed by atoms with van der Waals surface area (Å²) in [6.07, 6.45) is 6.35. The first-order chi connectivity index (χ1) is 11.2. The van der Waals surface area contributed by atoms with E-state index >= 15 is 0 Å². The lowest BCUT2D eigenvalue weighted by molar-refractivity contribution is -0.115. The molecular weight excluding hydrogens is 294 g/mol. The maximum atomic E-state index is 12.2. The highest BCUT2D eigenvalue weighted by Gasteiger charge is 2.12. The molecular formula is C17H19N3O3. The fourth-order valence-corrected chi connectivity index (χ4v) is 2.49. The van der Waals surface area contributed by atoms with Crippen LogP contribution >= 0.6 is 0 Å². The van der Waals surface area contributed by atoms with Gasteiger partial charge in [-0.1, -0.05) is 6.92 Å². The number of hydrogen-bond donors (Lipinski definition) is 1. The topological polar surface area (TPSA) is 69.3 Å². The molecule has 1 amide bonds. The molecule has 2 aromatic heterocycles. The van der Waals surface area contributed by atoms with Gasteiger partial charge in [-0.05, 0) is 18.6 Å². The second-order valence-electron chi connectivity index (χ2n) is 5.34. The van der Waals surface area contributed by atoms with Gasteiger partial charge in [0.15, 0.2) is 0 Å². The minimum Gasteiger partial charge on any atom is -0.497 e. The third kappa shape index (κ3) is 3.36. The smallest absolute Gasteiger partial charge is 0.229 e. The molecule has 0 radical (unpaired) electrons. The van der Waals surface area contributed by atoms with Gasteiger partial charge in [-0.25, -0.2) is 0 Å². The molecule has 23 heavy (non-hydrogen) atoms.